The lowest BCUT2D eigenvalue weighted by Gasteiger charge is -2.34. The summed E-state index contributed by atoms with van der Waals surface area (Å²) in [6.07, 6.45) is 3.82. The Morgan fingerprint density at radius 1 is 1.25 bits per heavy atom. The maximum Gasteiger partial charge on any atom is 0.211 e. The van der Waals surface area contributed by atoms with Gasteiger partial charge in [-0.2, -0.15) is 4.31 Å². The van der Waals surface area contributed by atoms with Crippen molar-refractivity contribution in [1.82, 2.24) is 14.5 Å². The number of hydrogen-bond donors (Lipinski definition) is 1. The van der Waals surface area contributed by atoms with E-state index in [0.717, 1.165) is 26.2 Å². The van der Waals surface area contributed by atoms with E-state index < -0.39 is 10.0 Å². The van der Waals surface area contributed by atoms with Crippen molar-refractivity contribution in [2.75, 3.05) is 45.5 Å². The fourth-order valence-electron chi connectivity index (χ4n) is 2.47. The van der Waals surface area contributed by atoms with Crippen molar-refractivity contribution < 1.29 is 8.42 Å². The Bertz CT molecular complexity index is 317. The van der Waals surface area contributed by atoms with E-state index in [1.165, 1.54) is 19.1 Å². The van der Waals surface area contributed by atoms with E-state index in [9.17, 15) is 8.42 Å². The molecule has 0 aromatic carbocycles. The maximum atomic E-state index is 11.3. The smallest absolute Gasteiger partial charge is 0.211 e. The van der Waals surface area contributed by atoms with Gasteiger partial charge in [-0.3, -0.25) is 4.90 Å². The number of nitrogens with zero attached hydrogens (tertiary/aromatic N) is 2. The number of hydrogen-bond acceptors (Lipinski definition) is 4. The highest BCUT2D eigenvalue weighted by Crippen LogP contribution is 2.10. The van der Waals surface area contributed by atoms with Gasteiger partial charge in [0, 0.05) is 38.8 Å². The first kappa shape index (κ1) is 12.3. The average molecular weight is 247 g/mol. The highest BCUT2D eigenvalue weighted by molar-refractivity contribution is 7.88. The van der Waals surface area contributed by atoms with Gasteiger partial charge in [-0.05, 0) is 19.4 Å². The van der Waals surface area contributed by atoms with Crippen LogP contribution in [0.2, 0.25) is 0 Å². The van der Waals surface area contributed by atoms with Gasteiger partial charge in [0.05, 0.1) is 6.26 Å². The van der Waals surface area contributed by atoms with Crippen LogP contribution in [0.3, 0.4) is 0 Å². The largest absolute Gasteiger partial charge is 0.313 e. The van der Waals surface area contributed by atoms with Crippen molar-refractivity contribution >= 4 is 10.0 Å². The molecular formula is C10H21N3O2S. The van der Waals surface area contributed by atoms with Gasteiger partial charge in [0.2, 0.25) is 10.0 Å². The van der Waals surface area contributed by atoms with Gasteiger partial charge in [-0.15, -0.1) is 0 Å². The van der Waals surface area contributed by atoms with Crippen LogP contribution >= 0.6 is 0 Å². The molecule has 1 N–H and O–H groups in total. The second-order valence-corrected chi connectivity index (χ2v) is 6.74. The van der Waals surface area contributed by atoms with Crippen molar-refractivity contribution in [1.29, 1.82) is 0 Å². The van der Waals surface area contributed by atoms with Crippen LogP contribution in [0.15, 0.2) is 0 Å². The summed E-state index contributed by atoms with van der Waals surface area (Å²) >= 11 is 0. The molecule has 2 rings (SSSR count). The third-order valence-corrected chi connectivity index (χ3v) is 4.74. The topological polar surface area (TPSA) is 52.7 Å². The summed E-state index contributed by atoms with van der Waals surface area (Å²) in [5, 5.41) is 3.47. The molecule has 0 amide bonds. The van der Waals surface area contributed by atoms with Crippen LogP contribution in [0, 0.1) is 0 Å². The summed E-state index contributed by atoms with van der Waals surface area (Å²) in [5.74, 6) is 0. The Labute approximate surface area is 97.8 Å². The van der Waals surface area contributed by atoms with Crippen LogP contribution in [0.1, 0.15) is 12.8 Å². The van der Waals surface area contributed by atoms with E-state index >= 15 is 0 Å². The predicted octanol–water partition coefficient (Wildman–Crippen LogP) is -0.684. The van der Waals surface area contributed by atoms with Crippen molar-refractivity contribution in [3.8, 4) is 0 Å². The summed E-state index contributed by atoms with van der Waals surface area (Å²) in [5.41, 5.74) is 0. The monoisotopic (exact) mass is 247 g/mol. The van der Waals surface area contributed by atoms with Crippen molar-refractivity contribution in [3.05, 3.63) is 0 Å². The molecule has 2 heterocycles. The van der Waals surface area contributed by atoms with E-state index in [1.54, 1.807) is 4.31 Å². The molecule has 94 valence electrons. The zero-order valence-electron chi connectivity index (χ0n) is 9.85. The van der Waals surface area contributed by atoms with E-state index in [-0.39, 0.29) is 0 Å². The summed E-state index contributed by atoms with van der Waals surface area (Å²) in [4.78, 5) is 2.37. The first-order valence-electron chi connectivity index (χ1n) is 5.96. The van der Waals surface area contributed by atoms with Crippen molar-refractivity contribution in [2.45, 2.75) is 18.9 Å². The molecule has 5 nitrogen and oxygen atoms in total. The Kier molecular flexibility index (Phi) is 3.84. The van der Waals surface area contributed by atoms with Crippen molar-refractivity contribution in [2.24, 2.45) is 0 Å². The lowest BCUT2D eigenvalue weighted by Crippen LogP contribution is -2.51. The standard InChI is InChI=1S/C10H21N3O2S/c1-16(14,15)13-7-5-12(6-8-13)9-10-3-2-4-11-10/h10-11H,2-9H2,1H3/t10-/m0/s1. The first-order chi connectivity index (χ1) is 7.55. The van der Waals surface area contributed by atoms with E-state index in [0.29, 0.717) is 19.1 Å². The molecule has 0 aromatic rings. The molecule has 0 aliphatic carbocycles. The predicted molar refractivity (Wildman–Crippen MR) is 63.9 cm³/mol. The third kappa shape index (κ3) is 3.16. The Morgan fingerprint density at radius 3 is 2.44 bits per heavy atom. The molecule has 1 atom stereocenters. The summed E-state index contributed by atoms with van der Waals surface area (Å²) < 4.78 is 24.2. The number of piperazine rings is 1. The molecule has 2 aliphatic rings. The maximum absolute atomic E-state index is 11.3. The number of nitrogens with one attached hydrogen (secondary N) is 1. The quantitative estimate of drug-likeness (QED) is 0.718. The minimum Gasteiger partial charge on any atom is -0.313 e. The summed E-state index contributed by atoms with van der Waals surface area (Å²) in [6, 6.07) is 0.616. The van der Waals surface area contributed by atoms with Gasteiger partial charge in [0.1, 0.15) is 0 Å². The molecule has 6 heteroatoms. The molecule has 0 aromatic heterocycles. The van der Waals surface area contributed by atoms with Gasteiger partial charge in [0.15, 0.2) is 0 Å². The van der Waals surface area contributed by atoms with Crippen LogP contribution < -0.4 is 5.32 Å². The fraction of sp³-hybridized carbons (Fsp3) is 1.00. The minimum absolute atomic E-state index is 0.616. The molecule has 2 saturated heterocycles. The van der Waals surface area contributed by atoms with Gasteiger partial charge in [-0.25, -0.2) is 8.42 Å². The highest BCUT2D eigenvalue weighted by Gasteiger charge is 2.25. The highest BCUT2D eigenvalue weighted by atomic mass is 32.2. The van der Waals surface area contributed by atoms with Crippen LogP contribution in [0.4, 0.5) is 0 Å². The first-order valence-corrected chi connectivity index (χ1v) is 7.81. The van der Waals surface area contributed by atoms with Gasteiger partial charge >= 0.3 is 0 Å². The molecular weight excluding hydrogens is 226 g/mol. The van der Waals surface area contributed by atoms with Gasteiger partial charge < -0.3 is 5.32 Å². The molecule has 0 spiro atoms. The summed E-state index contributed by atoms with van der Waals surface area (Å²) in [7, 11) is -2.99. The van der Waals surface area contributed by atoms with E-state index in [4.69, 9.17) is 0 Å². The van der Waals surface area contributed by atoms with Crippen LogP contribution in [0.25, 0.3) is 0 Å². The zero-order valence-corrected chi connectivity index (χ0v) is 10.7. The average Bonchev–Trinajstić information content (AvgIpc) is 2.70. The molecule has 2 fully saturated rings. The van der Waals surface area contributed by atoms with E-state index in [2.05, 4.69) is 10.2 Å². The lowest BCUT2D eigenvalue weighted by atomic mass is 10.2. The summed E-state index contributed by atoms with van der Waals surface area (Å²) in [6.45, 7) is 5.22. The van der Waals surface area contributed by atoms with E-state index in [1.807, 2.05) is 0 Å². The zero-order chi connectivity index (χ0) is 11.6. The molecule has 0 radical (unpaired) electrons. The molecule has 0 unspecified atom stereocenters. The number of rotatable bonds is 3. The second-order valence-electron chi connectivity index (χ2n) is 4.76. The Hall–Kier alpha value is -0.170. The minimum atomic E-state index is -2.99. The van der Waals surface area contributed by atoms with Crippen LogP contribution in [-0.2, 0) is 10.0 Å². The van der Waals surface area contributed by atoms with Crippen LogP contribution in [0.5, 0.6) is 0 Å². The Morgan fingerprint density at radius 2 is 1.94 bits per heavy atom. The molecule has 0 bridgehead atoms. The lowest BCUT2D eigenvalue weighted by molar-refractivity contribution is 0.176. The Balaban J connectivity index is 1.76. The van der Waals surface area contributed by atoms with Crippen molar-refractivity contribution in [3.63, 3.8) is 0 Å². The SMILES string of the molecule is CS(=O)(=O)N1CCN(C[C@@H]2CCCN2)CC1. The van der Waals surface area contributed by atoms with Crippen LogP contribution in [-0.4, -0.2) is 69.2 Å². The second kappa shape index (κ2) is 5.00. The molecule has 0 saturated carbocycles. The van der Waals surface area contributed by atoms with Gasteiger partial charge in [-0.1, -0.05) is 0 Å². The molecule has 2 aliphatic heterocycles. The number of sulfonamides is 1. The molecule has 16 heavy (non-hydrogen) atoms. The van der Waals surface area contributed by atoms with Gasteiger partial charge in [0.25, 0.3) is 0 Å². The third-order valence-electron chi connectivity index (χ3n) is 3.44. The fourth-order valence-corrected chi connectivity index (χ4v) is 3.29. The normalized spacial score (nSPS) is 29.7.